The molecule has 5 fully saturated rings. The molecular weight excluding hydrogens is 292 g/mol. The van der Waals surface area contributed by atoms with Crippen molar-refractivity contribution in [1.82, 2.24) is 0 Å². The highest BCUT2D eigenvalue weighted by Gasteiger charge is 2.76. The van der Waals surface area contributed by atoms with Crippen molar-refractivity contribution in [2.45, 2.75) is 70.5 Å². The van der Waals surface area contributed by atoms with Gasteiger partial charge in [0.25, 0.3) is 0 Å². The summed E-state index contributed by atoms with van der Waals surface area (Å²) in [5.41, 5.74) is 0.119. The first kappa shape index (κ1) is 14.4. The van der Waals surface area contributed by atoms with Gasteiger partial charge >= 0.3 is 5.97 Å². The first-order valence-corrected chi connectivity index (χ1v) is 9.26. The minimum atomic E-state index is -0.160. The Bertz CT molecular complexity index is 600. The van der Waals surface area contributed by atoms with E-state index in [1.54, 1.807) is 0 Å². The second kappa shape index (κ2) is 4.19. The molecule has 7 atom stereocenters. The molecular formula is C19H26O4. The van der Waals surface area contributed by atoms with E-state index < -0.39 is 0 Å². The highest BCUT2D eigenvalue weighted by atomic mass is 16.6. The van der Waals surface area contributed by atoms with Crippen LogP contribution >= 0.6 is 0 Å². The number of hydrogen-bond acceptors (Lipinski definition) is 4. The van der Waals surface area contributed by atoms with Gasteiger partial charge in [0, 0.05) is 23.7 Å². The van der Waals surface area contributed by atoms with E-state index in [0.717, 1.165) is 25.7 Å². The lowest BCUT2D eigenvalue weighted by atomic mass is 9.44. The molecule has 4 nitrogen and oxygen atoms in total. The van der Waals surface area contributed by atoms with Crippen LogP contribution in [0.4, 0.5) is 0 Å². The zero-order valence-corrected chi connectivity index (χ0v) is 14.1. The maximum Gasteiger partial charge on any atom is 0.306 e. The molecule has 0 radical (unpaired) electrons. The summed E-state index contributed by atoms with van der Waals surface area (Å²) in [4.78, 5) is 24.0. The van der Waals surface area contributed by atoms with Crippen LogP contribution in [0.2, 0.25) is 0 Å². The van der Waals surface area contributed by atoms with Crippen molar-refractivity contribution in [2.24, 2.45) is 28.6 Å². The standard InChI is InChI=1S/C19H26O4/c1-17-6-4-12-11(13(17)9-15(21)22-10-17)3-8-19-16(23-19)14(20)5-7-18(12,19)2/h11-13,16H,3-10H2,1-2H3/t11-,12+,13+,16+,17-,18-,19+/m1/s1. The molecule has 2 aliphatic heterocycles. The van der Waals surface area contributed by atoms with E-state index in [4.69, 9.17) is 9.47 Å². The van der Waals surface area contributed by atoms with E-state index in [9.17, 15) is 9.59 Å². The molecule has 2 saturated heterocycles. The Balaban J connectivity index is 1.51. The maximum absolute atomic E-state index is 12.1. The molecule has 0 aromatic rings. The van der Waals surface area contributed by atoms with E-state index in [-0.39, 0.29) is 28.5 Å². The molecule has 126 valence electrons. The molecule has 1 spiro atoms. The lowest BCUT2D eigenvalue weighted by molar-refractivity contribution is -0.180. The molecule has 2 heterocycles. The molecule has 5 rings (SSSR count). The van der Waals surface area contributed by atoms with Gasteiger partial charge < -0.3 is 9.47 Å². The lowest BCUT2D eigenvalue weighted by Gasteiger charge is -2.60. The Morgan fingerprint density at radius 3 is 2.70 bits per heavy atom. The third kappa shape index (κ3) is 1.61. The zero-order valence-electron chi connectivity index (χ0n) is 14.1. The fourth-order valence-corrected chi connectivity index (χ4v) is 6.95. The SMILES string of the molecule is C[C@]12CC[C@H]3[C@@H](CC[C@]45O[C@H]4C(=O)CC[C@]35C)[C@@H]1CC(=O)OC2. The smallest absolute Gasteiger partial charge is 0.306 e. The number of epoxide rings is 1. The van der Waals surface area contributed by atoms with Crippen molar-refractivity contribution in [1.29, 1.82) is 0 Å². The topological polar surface area (TPSA) is 55.9 Å². The van der Waals surface area contributed by atoms with Crippen LogP contribution in [0.15, 0.2) is 0 Å². The van der Waals surface area contributed by atoms with Crippen LogP contribution in [-0.2, 0) is 19.1 Å². The number of hydrogen-bond donors (Lipinski definition) is 0. The van der Waals surface area contributed by atoms with Gasteiger partial charge in [-0.25, -0.2) is 0 Å². The van der Waals surface area contributed by atoms with Crippen LogP contribution in [0.25, 0.3) is 0 Å². The molecule has 0 N–H and O–H groups in total. The van der Waals surface area contributed by atoms with Crippen LogP contribution in [0.3, 0.4) is 0 Å². The second-order valence-electron chi connectivity index (χ2n) is 9.24. The molecule has 5 aliphatic rings. The van der Waals surface area contributed by atoms with Crippen molar-refractivity contribution >= 4 is 11.8 Å². The van der Waals surface area contributed by atoms with E-state index in [2.05, 4.69) is 13.8 Å². The average molecular weight is 318 g/mol. The molecule has 4 heteroatoms. The molecule has 0 aromatic carbocycles. The number of ketones is 1. The van der Waals surface area contributed by atoms with Gasteiger partial charge in [-0.1, -0.05) is 13.8 Å². The van der Waals surface area contributed by atoms with Gasteiger partial charge in [-0.05, 0) is 49.9 Å². The van der Waals surface area contributed by atoms with Crippen molar-refractivity contribution in [3.8, 4) is 0 Å². The van der Waals surface area contributed by atoms with Gasteiger partial charge in [-0.3, -0.25) is 9.59 Å². The van der Waals surface area contributed by atoms with Crippen molar-refractivity contribution < 1.29 is 19.1 Å². The maximum atomic E-state index is 12.1. The summed E-state index contributed by atoms with van der Waals surface area (Å²) in [5, 5.41) is 0. The van der Waals surface area contributed by atoms with Crippen LogP contribution < -0.4 is 0 Å². The Kier molecular flexibility index (Phi) is 2.63. The summed E-state index contributed by atoms with van der Waals surface area (Å²) >= 11 is 0. The van der Waals surface area contributed by atoms with Gasteiger partial charge in [0.1, 0.15) is 11.7 Å². The second-order valence-corrected chi connectivity index (χ2v) is 9.24. The molecule has 0 bridgehead atoms. The third-order valence-electron chi connectivity index (χ3n) is 8.42. The Hall–Kier alpha value is -0.900. The molecule has 0 amide bonds. The minimum Gasteiger partial charge on any atom is -0.465 e. The molecule has 0 unspecified atom stereocenters. The quantitative estimate of drug-likeness (QED) is 0.509. The highest BCUT2D eigenvalue weighted by molar-refractivity contribution is 5.88. The average Bonchev–Trinajstić information content (AvgIpc) is 3.26. The summed E-state index contributed by atoms with van der Waals surface area (Å²) in [6.45, 7) is 5.28. The zero-order chi connectivity index (χ0) is 16.0. The summed E-state index contributed by atoms with van der Waals surface area (Å²) < 4.78 is 11.5. The molecule has 23 heavy (non-hydrogen) atoms. The minimum absolute atomic E-state index is 0.0158. The predicted octanol–water partition coefficient (Wildman–Crippen LogP) is 2.88. The van der Waals surface area contributed by atoms with E-state index in [1.165, 1.54) is 6.42 Å². The number of cyclic esters (lactones) is 1. The summed E-state index contributed by atoms with van der Waals surface area (Å²) in [6.07, 6.45) is 6.55. The number of rotatable bonds is 0. The van der Waals surface area contributed by atoms with E-state index in [0.29, 0.717) is 43.0 Å². The van der Waals surface area contributed by atoms with Gasteiger partial charge in [-0.15, -0.1) is 0 Å². The number of fused-ring (bicyclic) bond motifs is 4. The Morgan fingerprint density at radius 2 is 1.87 bits per heavy atom. The van der Waals surface area contributed by atoms with Gasteiger partial charge in [0.15, 0.2) is 5.78 Å². The van der Waals surface area contributed by atoms with Gasteiger partial charge in [-0.2, -0.15) is 0 Å². The first-order valence-electron chi connectivity index (χ1n) is 9.26. The predicted molar refractivity (Wildman–Crippen MR) is 82.6 cm³/mol. The summed E-state index contributed by atoms with van der Waals surface area (Å²) in [7, 11) is 0. The molecule has 0 aromatic heterocycles. The van der Waals surface area contributed by atoms with Crippen molar-refractivity contribution in [2.75, 3.05) is 6.61 Å². The lowest BCUT2D eigenvalue weighted by Crippen LogP contribution is -2.60. The number of carbonyl (C=O) groups is 2. The first-order chi connectivity index (χ1) is 10.9. The highest BCUT2D eigenvalue weighted by Crippen LogP contribution is 2.71. The fraction of sp³-hybridized carbons (Fsp3) is 0.895. The summed E-state index contributed by atoms with van der Waals surface area (Å²) in [6, 6.07) is 0. The summed E-state index contributed by atoms with van der Waals surface area (Å²) in [5.74, 6) is 1.95. The number of esters is 1. The van der Waals surface area contributed by atoms with Gasteiger partial charge in [0.05, 0.1) is 6.61 Å². The third-order valence-corrected chi connectivity index (χ3v) is 8.42. The van der Waals surface area contributed by atoms with Crippen LogP contribution in [-0.4, -0.2) is 30.1 Å². The van der Waals surface area contributed by atoms with Crippen molar-refractivity contribution in [3.05, 3.63) is 0 Å². The monoisotopic (exact) mass is 318 g/mol. The Morgan fingerprint density at radius 1 is 1.04 bits per heavy atom. The van der Waals surface area contributed by atoms with Crippen LogP contribution in [0.5, 0.6) is 0 Å². The molecule has 3 saturated carbocycles. The van der Waals surface area contributed by atoms with Crippen molar-refractivity contribution in [3.63, 3.8) is 0 Å². The van der Waals surface area contributed by atoms with E-state index in [1.807, 2.05) is 0 Å². The number of Topliss-reactive ketones (excluding diaryl/α,β-unsaturated/α-hetero) is 1. The largest absolute Gasteiger partial charge is 0.465 e. The van der Waals surface area contributed by atoms with Crippen LogP contribution in [0, 0.1) is 28.6 Å². The van der Waals surface area contributed by atoms with Gasteiger partial charge in [0.2, 0.25) is 0 Å². The normalized spacial score (nSPS) is 57.5. The fourth-order valence-electron chi connectivity index (χ4n) is 6.95. The Labute approximate surface area is 137 Å². The molecule has 3 aliphatic carbocycles. The number of ether oxygens (including phenoxy) is 2. The van der Waals surface area contributed by atoms with Crippen LogP contribution in [0.1, 0.15) is 58.8 Å². The number of carbonyl (C=O) groups excluding carboxylic acids is 2. The van der Waals surface area contributed by atoms with E-state index >= 15 is 0 Å².